The molecular weight excluding hydrogens is 298 g/mol. The van der Waals surface area contributed by atoms with Crippen molar-refractivity contribution in [1.82, 2.24) is 15.3 Å². The molecule has 1 saturated heterocycles. The molecule has 2 aromatic rings. The molecule has 1 aliphatic rings. The van der Waals surface area contributed by atoms with Crippen LogP contribution in [-0.2, 0) is 6.54 Å². The normalized spacial score (nSPS) is 17.8. The fraction of sp³-hybridized carbons (Fsp3) is 0.474. The lowest BCUT2D eigenvalue weighted by molar-refractivity contribution is 0.421. The number of nitrogens with one attached hydrogen (secondary N) is 1. The molecule has 0 amide bonds. The monoisotopic (exact) mass is 325 g/mol. The highest BCUT2D eigenvalue weighted by Crippen LogP contribution is 2.21. The van der Waals surface area contributed by atoms with Gasteiger partial charge >= 0.3 is 0 Å². The Balaban J connectivity index is 1.57. The van der Waals surface area contributed by atoms with Crippen molar-refractivity contribution >= 4 is 11.5 Å². The van der Waals surface area contributed by atoms with Gasteiger partial charge in [-0.25, -0.2) is 4.98 Å². The third-order valence-corrected chi connectivity index (χ3v) is 4.53. The predicted octanol–water partition coefficient (Wildman–Crippen LogP) is 2.61. The summed E-state index contributed by atoms with van der Waals surface area (Å²) in [5.74, 6) is 0.999. The highest BCUT2D eigenvalue weighted by molar-refractivity contribution is 5.50. The Kier molecular flexibility index (Phi) is 5.30. The van der Waals surface area contributed by atoms with Gasteiger partial charge in [-0.05, 0) is 49.6 Å². The van der Waals surface area contributed by atoms with Crippen LogP contribution in [0.1, 0.15) is 24.1 Å². The summed E-state index contributed by atoms with van der Waals surface area (Å²) in [7, 11) is 4.04. The second-order valence-corrected chi connectivity index (χ2v) is 6.74. The van der Waals surface area contributed by atoms with Crippen LogP contribution < -0.4 is 15.1 Å². The smallest absolute Gasteiger partial charge is 0.128 e. The average molecular weight is 325 g/mol. The molecule has 5 nitrogen and oxygen atoms in total. The quantitative estimate of drug-likeness (QED) is 0.915. The van der Waals surface area contributed by atoms with Gasteiger partial charge in [0.05, 0.1) is 11.9 Å². The number of nitrogens with zero attached hydrogens (tertiary/aromatic N) is 4. The van der Waals surface area contributed by atoms with Crippen LogP contribution in [0.3, 0.4) is 0 Å². The third-order valence-electron chi connectivity index (χ3n) is 4.53. The summed E-state index contributed by atoms with van der Waals surface area (Å²) in [4.78, 5) is 13.3. The second kappa shape index (κ2) is 7.62. The number of aromatic nitrogens is 2. The fourth-order valence-corrected chi connectivity index (χ4v) is 3.18. The molecule has 0 bridgehead atoms. The van der Waals surface area contributed by atoms with Gasteiger partial charge in [0, 0.05) is 51.7 Å². The van der Waals surface area contributed by atoms with Crippen LogP contribution in [0.25, 0.3) is 0 Å². The van der Waals surface area contributed by atoms with Gasteiger partial charge in [0.25, 0.3) is 0 Å². The molecule has 1 fully saturated rings. The van der Waals surface area contributed by atoms with E-state index in [0.29, 0.717) is 6.04 Å². The Hall–Kier alpha value is -2.14. The zero-order valence-electron chi connectivity index (χ0n) is 14.9. The summed E-state index contributed by atoms with van der Waals surface area (Å²) in [6, 6.07) is 9.02. The molecule has 1 unspecified atom stereocenters. The summed E-state index contributed by atoms with van der Waals surface area (Å²) >= 11 is 0. The first-order chi connectivity index (χ1) is 11.6. The number of hydrogen-bond donors (Lipinski definition) is 1. The fourth-order valence-electron chi connectivity index (χ4n) is 3.18. The van der Waals surface area contributed by atoms with Gasteiger partial charge in [0.1, 0.15) is 5.82 Å². The second-order valence-electron chi connectivity index (χ2n) is 6.74. The zero-order chi connectivity index (χ0) is 16.9. The van der Waals surface area contributed by atoms with Crippen molar-refractivity contribution in [3.8, 4) is 0 Å². The van der Waals surface area contributed by atoms with Crippen molar-refractivity contribution in [2.24, 2.45) is 0 Å². The van der Waals surface area contributed by atoms with Crippen LogP contribution in [-0.4, -0.2) is 43.2 Å². The molecule has 1 N–H and O–H groups in total. The molecule has 0 radical (unpaired) electrons. The van der Waals surface area contributed by atoms with Crippen LogP contribution in [0.4, 0.5) is 11.5 Å². The summed E-state index contributed by atoms with van der Waals surface area (Å²) in [6.45, 7) is 5.08. The van der Waals surface area contributed by atoms with Gasteiger partial charge in [0.15, 0.2) is 0 Å². The van der Waals surface area contributed by atoms with Gasteiger partial charge in [-0.2, -0.15) is 0 Å². The molecule has 1 aliphatic heterocycles. The highest BCUT2D eigenvalue weighted by atomic mass is 15.2. The Morgan fingerprint density at radius 2 is 2.12 bits per heavy atom. The van der Waals surface area contributed by atoms with Crippen LogP contribution >= 0.6 is 0 Å². The van der Waals surface area contributed by atoms with E-state index in [9.17, 15) is 0 Å². The number of aryl methyl sites for hydroxylation is 1. The molecular formula is C19H27N5. The average Bonchev–Trinajstić information content (AvgIpc) is 2.60. The topological polar surface area (TPSA) is 44.3 Å². The molecule has 1 atom stereocenters. The number of hydrogen-bond acceptors (Lipinski definition) is 5. The Labute approximate surface area is 144 Å². The summed E-state index contributed by atoms with van der Waals surface area (Å²) in [6.07, 6.45) is 6.31. The van der Waals surface area contributed by atoms with Crippen LogP contribution in [0.5, 0.6) is 0 Å². The summed E-state index contributed by atoms with van der Waals surface area (Å²) < 4.78 is 0. The minimum atomic E-state index is 0.515. The molecule has 0 saturated carbocycles. The maximum atomic E-state index is 4.54. The van der Waals surface area contributed by atoms with Crippen molar-refractivity contribution < 1.29 is 0 Å². The van der Waals surface area contributed by atoms with E-state index in [1.807, 2.05) is 38.3 Å². The molecule has 3 rings (SSSR count). The Bertz CT molecular complexity index is 653. The first-order valence-corrected chi connectivity index (χ1v) is 8.65. The van der Waals surface area contributed by atoms with E-state index in [0.717, 1.165) is 31.1 Å². The SMILES string of the molecule is Cc1cc(CNC2CCCN(c3ccc(N(C)C)nc3)C2)ccn1. The zero-order valence-corrected chi connectivity index (χ0v) is 14.9. The lowest BCUT2D eigenvalue weighted by Gasteiger charge is -2.35. The highest BCUT2D eigenvalue weighted by Gasteiger charge is 2.20. The van der Waals surface area contributed by atoms with E-state index in [2.05, 4.69) is 44.5 Å². The first-order valence-electron chi connectivity index (χ1n) is 8.65. The number of pyridine rings is 2. The van der Waals surface area contributed by atoms with Crippen molar-refractivity contribution in [3.05, 3.63) is 47.9 Å². The number of piperidine rings is 1. The van der Waals surface area contributed by atoms with Crippen LogP contribution in [0.2, 0.25) is 0 Å². The van der Waals surface area contributed by atoms with Crippen LogP contribution in [0.15, 0.2) is 36.7 Å². The summed E-state index contributed by atoms with van der Waals surface area (Å²) in [5, 5.41) is 3.70. The van der Waals surface area contributed by atoms with Crippen molar-refractivity contribution in [1.29, 1.82) is 0 Å². The van der Waals surface area contributed by atoms with Crippen molar-refractivity contribution in [2.75, 3.05) is 37.0 Å². The maximum Gasteiger partial charge on any atom is 0.128 e. The molecule has 0 spiro atoms. The predicted molar refractivity (Wildman–Crippen MR) is 99.6 cm³/mol. The summed E-state index contributed by atoms with van der Waals surface area (Å²) in [5.41, 5.74) is 3.59. The van der Waals surface area contributed by atoms with E-state index in [-0.39, 0.29) is 0 Å². The molecule has 5 heteroatoms. The van der Waals surface area contributed by atoms with Gasteiger partial charge in [0.2, 0.25) is 0 Å². The molecule has 3 heterocycles. The van der Waals surface area contributed by atoms with Crippen LogP contribution in [0, 0.1) is 6.92 Å². The van der Waals surface area contributed by atoms with E-state index in [1.54, 1.807) is 0 Å². The molecule has 2 aromatic heterocycles. The Morgan fingerprint density at radius 3 is 2.83 bits per heavy atom. The molecule has 24 heavy (non-hydrogen) atoms. The standard InChI is InChI=1S/C19H27N5/c1-15-11-16(8-9-20-15)12-21-17-5-4-10-24(14-17)18-6-7-19(22-13-18)23(2)3/h6-9,11,13,17,21H,4-5,10,12,14H2,1-3H3. The van der Waals surface area contributed by atoms with Crippen molar-refractivity contribution in [2.45, 2.75) is 32.4 Å². The molecule has 0 aliphatic carbocycles. The van der Waals surface area contributed by atoms with Crippen molar-refractivity contribution in [3.63, 3.8) is 0 Å². The number of rotatable bonds is 5. The van der Waals surface area contributed by atoms with Gasteiger partial charge < -0.3 is 15.1 Å². The van der Waals surface area contributed by atoms with E-state index in [4.69, 9.17) is 0 Å². The van der Waals surface area contributed by atoms with Gasteiger partial charge in [-0.1, -0.05) is 0 Å². The van der Waals surface area contributed by atoms with E-state index < -0.39 is 0 Å². The Morgan fingerprint density at radius 1 is 1.25 bits per heavy atom. The molecule has 0 aromatic carbocycles. The minimum Gasteiger partial charge on any atom is -0.369 e. The lowest BCUT2D eigenvalue weighted by Crippen LogP contribution is -2.45. The van der Waals surface area contributed by atoms with Gasteiger partial charge in [-0.15, -0.1) is 0 Å². The third kappa shape index (κ3) is 4.23. The largest absolute Gasteiger partial charge is 0.369 e. The number of anilines is 2. The first kappa shape index (κ1) is 16.7. The maximum absolute atomic E-state index is 4.54. The minimum absolute atomic E-state index is 0.515. The van der Waals surface area contributed by atoms with Gasteiger partial charge in [-0.3, -0.25) is 4.98 Å². The van der Waals surface area contributed by atoms with E-state index >= 15 is 0 Å². The molecule has 128 valence electrons. The lowest BCUT2D eigenvalue weighted by atomic mass is 10.0. The van der Waals surface area contributed by atoms with E-state index in [1.165, 1.54) is 24.1 Å².